The molecule has 4 heteroatoms. The monoisotopic (exact) mass is 226 g/mol. The number of benzene rings is 1. The molecule has 0 spiro atoms. The van der Waals surface area contributed by atoms with Gasteiger partial charge in [-0.2, -0.15) is 0 Å². The molecular weight excluding hydrogens is 207 g/mol. The molecule has 0 heterocycles. The molecule has 1 aromatic rings. The molecule has 0 aliphatic rings. The van der Waals surface area contributed by atoms with E-state index in [-0.39, 0.29) is 23.9 Å². The van der Waals surface area contributed by atoms with E-state index in [1.54, 1.807) is 25.3 Å². The molecule has 90 valence electrons. The Bertz CT molecular complexity index is 331. The van der Waals surface area contributed by atoms with Crippen molar-refractivity contribution in [3.05, 3.63) is 35.6 Å². The zero-order valence-electron chi connectivity index (χ0n) is 9.91. The van der Waals surface area contributed by atoms with Crippen LogP contribution in [0.5, 0.6) is 0 Å². The predicted octanol–water partition coefficient (Wildman–Crippen LogP) is 2.00. The van der Waals surface area contributed by atoms with E-state index in [1.807, 2.05) is 13.8 Å². The Morgan fingerprint density at radius 2 is 1.94 bits per heavy atom. The van der Waals surface area contributed by atoms with Crippen molar-refractivity contribution in [2.24, 2.45) is 11.8 Å². The Labute approximate surface area is 95.8 Å². The molecule has 0 amide bonds. The molecule has 3 N–H and O–H groups in total. The smallest absolute Gasteiger partial charge is 0.128 e. The Balaban J connectivity index is 3.02. The van der Waals surface area contributed by atoms with Crippen molar-refractivity contribution >= 4 is 0 Å². The van der Waals surface area contributed by atoms with Crippen LogP contribution in [0.25, 0.3) is 0 Å². The number of nitrogens with two attached hydrogens (primary N) is 1. The molecule has 3 nitrogen and oxygen atoms in total. The number of rotatable bonds is 5. The Hall–Kier alpha value is -0.970. The van der Waals surface area contributed by atoms with Crippen LogP contribution in [0.15, 0.2) is 24.3 Å². The van der Waals surface area contributed by atoms with Crippen molar-refractivity contribution in [1.29, 1.82) is 0 Å². The lowest BCUT2D eigenvalue weighted by Crippen LogP contribution is -2.40. The zero-order valence-corrected chi connectivity index (χ0v) is 9.91. The number of hydrogen-bond acceptors (Lipinski definition) is 3. The minimum absolute atomic E-state index is 0.165. The normalized spacial score (nSPS) is 15.1. The number of hydrazine groups is 1. The van der Waals surface area contributed by atoms with Gasteiger partial charge >= 0.3 is 0 Å². The third kappa shape index (κ3) is 2.78. The first-order chi connectivity index (χ1) is 7.61. The van der Waals surface area contributed by atoms with Crippen LogP contribution in [0, 0.1) is 11.7 Å². The highest BCUT2D eigenvalue weighted by Gasteiger charge is 2.26. The summed E-state index contributed by atoms with van der Waals surface area (Å²) in [5.74, 6) is 5.46. The average Bonchev–Trinajstić information content (AvgIpc) is 2.26. The lowest BCUT2D eigenvalue weighted by molar-refractivity contribution is 0.0316. The summed E-state index contributed by atoms with van der Waals surface area (Å²) in [5.41, 5.74) is 3.16. The lowest BCUT2D eigenvalue weighted by atomic mass is 9.93. The fraction of sp³-hybridized carbons (Fsp3) is 0.500. The summed E-state index contributed by atoms with van der Waals surface area (Å²) in [6, 6.07) is 6.24. The van der Waals surface area contributed by atoms with Crippen LogP contribution in [0.4, 0.5) is 4.39 Å². The van der Waals surface area contributed by atoms with Crippen LogP contribution < -0.4 is 11.3 Å². The van der Waals surface area contributed by atoms with Crippen LogP contribution in [0.1, 0.15) is 25.5 Å². The van der Waals surface area contributed by atoms with Crippen molar-refractivity contribution < 1.29 is 9.13 Å². The van der Waals surface area contributed by atoms with Gasteiger partial charge in [0.05, 0.1) is 12.1 Å². The fourth-order valence-corrected chi connectivity index (χ4v) is 1.88. The van der Waals surface area contributed by atoms with Gasteiger partial charge < -0.3 is 4.74 Å². The molecule has 0 radical (unpaired) electrons. The molecule has 0 saturated heterocycles. The van der Waals surface area contributed by atoms with E-state index in [1.165, 1.54) is 6.07 Å². The van der Waals surface area contributed by atoms with Crippen molar-refractivity contribution in [1.82, 2.24) is 5.43 Å². The van der Waals surface area contributed by atoms with E-state index in [0.29, 0.717) is 5.56 Å². The third-order valence-corrected chi connectivity index (χ3v) is 2.68. The molecule has 0 aromatic heterocycles. The van der Waals surface area contributed by atoms with Crippen LogP contribution >= 0.6 is 0 Å². The molecule has 0 aliphatic heterocycles. The fourth-order valence-electron chi connectivity index (χ4n) is 1.88. The van der Waals surface area contributed by atoms with Crippen LogP contribution in [0.3, 0.4) is 0 Å². The van der Waals surface area contributed by atoms with Gasteiger partial charge in [0.2, 0.25) is 0 Å². The topological polar surface area (TPSA) is 47.3 Å². The lowest BCUT2D eigenvalue weighted by Gasteiger charge is -2.28. The standard InChI is InChI=1S/C12H19FN2O/c1-8(2)12(16-3)11(15-14)9-6-4-5-7-10(9)13/h4-8,11-12,15H,14H2,1-3H3. The van der Waals surface area contributed by atoms with Gasteiger partial charge in [0, 0.05) is 12.7 Å². The molecule has 1 aromatic carbocycles. The van der Waals surface area contributed by atoms with E-state index in [2.05, 4.69) is 5.43 Å². The van der Waals surface area contributed by atoms with Crippen LogP contribution in [-0.2, 0) is 4.74 Å². The zero-order chi connectivity index (χ0) is 12.1. The maximum Gasteiger partial charge on any atom is 0.128 e. The summed E-state index contributed by atoms with van der Waals surface area (Å²) in [5, 5.41) is 0. The van der Waals surface area contributed by atoms with Gasteiger partial charge in [0.25, 0.3) is 0 Å². The largest absolute Gasteiger partial charge is 0.379 e. The molecule has 2 unspecified atom stereocenters. The second kappa shape index (κ2) is 5.94. The maximum atomic E-state index is 13.6. The SMILES string of the molecule is COC(C(C)C)C(NN)c1ccccc1F. The molecule has 2 atom stereocenters. The van der Waals surface area contributed by atoms with Crippen LogP contribution in [0.2, 0.25) is 0 Å². The molecule has 1 rings (SSSR count). The number of hydrogen-bond donors (Lipinski definition) is 2. The van der Waals surface area contributed by atoms with E-state index in [4.69, 9.17) is 10.6 Å². The molecule has 16 heavy (non-hydrogen) atoms. The summed E-state index contributed by atoms with van der Waals surface area (Å²) in [7, 11) is 1.61. The van der Waals surface area contributed by atoms with Crippen molar-refractivity contribution in [2.75, 3.05) is 7.11 Å². The van der Waals surface area contributed by atoms with Gasteiger partial charge in [-0.1, -0.05) is 32.0 Å². The average molecular weight is 226 g/mol. The first-order valence-electron chi connectivity index (χ1n) is 5.35. The Morgan fingerprint density at radius 3 is 2.38 bits per heavy atom. The van der Waals surface area contributed by atoms with Gasteiger partial charge in [0.1, 0.15) is 5.82 Å². The molecule has 0 bridgehead atoms. The van der Waals surface area contributed by atoms with E-state index in [0.717, 1.165) is 0 Å². The minimum atomic E-state index is -0.341. The Morgan fingerprint density at radius 1 is 1.31 bits per heavy atom. The van der Waals surface area contributed by atoms with Gasteiger partial charge in [-0.05, 0) is 12.0 Å². The number of nitrogens with one attached hydrogen (secondary N) is 1. The van der Waals surface area contributed by atoms with Gasteiger partial charge in [-0.25, -0.2) is 4.39 Å². The summed E-state index contributed by atoms with van der Waals surface area (Å²) in [6.45, 7) is 4.03. The minimum Gasteiger partial charge on any atom is -0.379 e. The number of halogens is 1. The first kappa shape index (κ1) is 13.1. The quantitative estimate of drug-likeness (QED) is 0.596. The summed E-state index contributed by atoms with van der Waals surface area (Å²) in [6.07, 6.45) is -0.165. The Kier molecular flexibility index (Phi) is 4.86. The summed E-state index contributed by atoms with van der Waals surface area (Å²) < 4.78 is 19.0. The third-order valence-electron chi connectivity index (χ3n) is 2.68. The van der Waals surface area contributed by atoms with E-state index in [9.17, 15) is 4.39 Å². The highest BCUT2D eigenvalue weighted by molar-refractivity contribution is 5.22. The van der Waals surface area contributed by atoms with Gasteiger partial charge in [-0.3, -0.25) is 11.3 Å². The molecule has 0 fully saturated rings. The highest BCUT2D eigenvalue weighted by atomic mass is 19.1. The number of ether oxygens (including phenoxy) is 1. The highest BCUT2D eigenvalue weighted by Crippen LogP contribution is 2.25. The van der Waals surface area contributed by atoms with Crippen LogP contribution in [-0.4, -0.2) is 13.2 Å². The van der Waals surface area contributed by atoms with Crippen molar-refractivity contribution in [3.63, 3.8) is 0 Å². The van der Waals surface area contributed by atoms with Crippen molar-refractivity contribution in [3.8, 4) is 0 Å². The van der Waals surface area contributed by atoms with Gasteiger partial charge in [-0.15, -0.1) is 0 Å². The second-order valence-corrected chi connectivity index (χ2v) is 4.11. The molecular formula is C12H19FN2O. The summed E-state index contributed by atoms with van der Waals surface area (Å²) >= 11 is 0. The summed E-state index contributed by atoms with van der Waals surface area (Å²) in [4.78, 5) is 0. The predicted molar refractivity (Wildman–Crippen MR) is 62.1 cm³/mol. The van der Waals surface area contributed by atoms with Crippen molar-refractivity contribution in [2.45, 2.75) is 26.0 Å². The molecule has 0 aliphatic carbocycles. The van der Waals surface area contributed by atoms with E-state index < -0.39 is 0 Å². The molecule has 0 saturated carbocycles. The second-order valence-electron chi connectivity index (χ2n) is 4.11. The van der Waals surface area contributed by atoms with Gasteiger partial charge in [0.15, 0.2) is 0 Å². The number of methoxy groups -OCH3 is 1. The maximum absolute atomic E-state index is 13.6. The first-order valence-corrected chi connectivity index (χ1v) is 5.35. The van der Waals surface area contributed by atoms with E-state index >= 15 is 0 Å².